The van der Waals surface area contributed by atoms with E-state index in [9.17, 15) is 0 Å². The molecule has 0 saturated carbocycles. The summed E-state index contributed by atoms with van der Waals surface area (Å²) in [6, 6.07) is 1.94. The van der Waals surface area contributed by atoms with Gasteiger partial charge in [-0.3, -0.25) is 12.2 Å². The van der Waals surface area contributed by atoms with E-state index >= 15 is 0 Å². The van der Waals surface area contributed by atoms with Gasteiger partial charge >= 0.3 is 34.9 Å². The van der Waals surface area contributed by atoms with Crippen molar-refractivity contribution in [3.8, 4) is 0 Å². The fourth-order valence-corrected chi connectivity index (χ4v) is 6.57. The molecular formula is C20H34Cl2O2Si2Zr-2. The Morgan fingerprint density at radius 3 is 1.37 bits per heavy atom. The van der Waals surface area contributed by atoms with Crippen LogP contribution in [0.5, 0.6) is 0 Å². The van der Waals surface area contributed by atoms with Crippen LogP contribution in [0.25, 0.3) is 0 Å². The number of allylic oxidation sites excluding steroid dienone is 8. The number of halogens is 2. The molecule has 27 heavy (non-hydrogen) atoms. The topological polar surface area (TPSA) is 40.5 Å². The second kappa shape index (κ2) is 17.5. The summed E-state index contributed by atoms with van der Waals surface area (Å²) in [6.45, 7) is 11.8. The maximum atomic E-state index is 8.84. The molecule has 0 aromatic heterocycles. The monoisotopic (exact) mass is 522 g/mol. The Hall–Kier alpha value is 0.647. The Morgan fingerprint density at radius 2 is 1.19 bits per heavy atom. The Morgan fingerprint density at radius 1 is 0.889 bits per heavy atom. The van der Waals surface area contributed by atoms with Gasteiger partial charge in [0, 0.05) is 13.2 Å². The van der Waals surface area contributed by atoms with Crippen molar-refractivity contribution in [3.63, 3.8) is 0 Å². The second-order valence-electron chi connectivity index (χ2n) is 7.43. The molecule has 0 radical (unpaired) electrons. The SMILES string of the molecule is C[CH]=[Zr+2].C[Si](C)(CCO)C1=CC[C-]=C1.C[Si](C)(CCO)C1=CC[C-]=C1.[Cl-].[Cl-]. The fourth-order valence-electron chi connectivity index (χ4n) is 2.58. The summed E-state index contributed by atoms with van der Waals surface area (Å²) in [5.41, 5.74) is 0. The first-order valence-corrected chi connectivity index (χ1v) is 16.8. The standard InChI is InChI=1S/2C9H15OSi.C2H4.2ClH.Zr/c2*1-11(2,8-7-10)9-5-3-4-6-9;1-2;;;/h2*5-6,10H,3,7-8H2,1-2H3;1H,2H3;2*1H;/q2*-1;;;;+2/p-2. The van der Waals surface area contributed by atoms with Crippen molar-refractivity contribution in [3.05, 3.63) is 46.8 Å². The van der Waals surface area contributed by atoms with Gasteiger partial charge in [0.2, 0.25) is 0 Å². The Labute approximate surface area is 196 Å². The largest absolute Gasteiger partial charge is 1.00 e. The van der Waals surface area contributed by atoms with Crippen molar-refractivity contribution in [2.45, 2.75) is 58.0 Å². The van der Waals surface area contributed by atoms with Crippen LogP contribution < -0.4 is 24.8 Å². The molecule has 0 aromatic rings. The van der Waals surface area contributed by atoms with E-state index in [-0.39, 0.29) is 24.8 Å². The minimum Gasteiger partial charge on any atom is -1.00 e. The summed E-state index contributed by atoms with van der Waals surface area (Å²) in [7, 11) is -2.55. The zero-order valence-corrected chi connectivity index (χ0v) is 23.2. The van der Waals surface area contributed by atoms with Crippen LogP contribution >= 0.6 is 0 Å². The van der Waals surface area contributed by atoms with Gasteiger partial charge in [-0.25, -0.2) is 22.5 Å². The molecule has 0 amide bonds. The molecule has 0 heterocycles. The summed E-state index contributed by atoms with van der Waals surface area (Å²) in [5.74, 6) is 0. The van der Waals surface area contributed by atoms with E-state index in [1.54, 1.807) is 0 Å². The van der Waals surface area contributed by atoms with E-state index in [1.165, 1.54) is 34.6 Å². The molecule has 0 spiro atoms. The minimum atomic E-state index is -1.28. The molecule has 2 aliphatic carbocycles. The summed E-state index contributed by atoms with van der Waals surface area (Å²) in [6.07, 6.45) is 17.0. The van der Waals surface area contributed by atoms with Gasteiger partial charge in [0.05, 0.1) is 0 Å². The molecule has 0 aliphatic heterocycles. The molecule has 154 valence electrons. The van der Waals surface area contributed by atoms with E-state index in [4.69, 9.17) is 10.2 Å². The first-order valence-electron chi connectivity index (χ1n) is 8.96. The van der Waals surface area contributed by atoms with Crippen LogP contribution in [0.1, 0.15) is 19.8 Å². The first-order chi connectivity index (χ1) is 11.7. The predicted molar refractivity (Wildman–Crippen MR) is 112 cm³/mol. The number of rotatable bonds is 6. The Bertz CT molecular complexity index is 484. The normalized spacial score (nSPS) is 14.6. The zero-order chi connectivity index (χ0) is 19.3. The molecule has 2 nitrogen and oxygen atoms in total. The molecule has 2 rings (SSSR count). The smallest absolute Gasteiger partial charge is 0.0397 e. The Kier molecular flexibility index (Phi) is 20.9. The van der Waals surface area contributed by atoms with Crippen molar-refractivity contribution in [1.82, 2.24) is 0 Å². The van der Waals surface area contributed by atoms with E-state index in [0.717, 1.165) is 24.9 Å². The van der Waals surface area contributed by atoms with Gasteiger partial charge in [0.25, 0.3) is 0 Å². The van der Waals surface area contributed by atoms with E-state index in [0.29, 0.717) is 13.2 Å². The summed E-state index contributed by atoms with van der Waals surface area (Å²) >= 11 is 1.51. The van der Waals surface area contributed by atoms with Gasteiger partial charge in [-0.15, -0.1) is 12.8 Å². The third-order valence-electron chi connectivity index (χ3n) is 4.43. The number of hydrogen-bond donors (Lipinski definition) is 2. The molecule has 2 aliphatic rings. The molecule has 0 saturated heterocycles. The van der Waals surface area contributed by atoms with Gasteiger partial charge in [-0.1, -0.05) is 26.2 Å². The third kappa shape index (κ3) is 13.5. The molecule has 0 unspecified atom stereocenters. The van der Waals surface area contributed by atoms with Crippen LogP contribution in [0.2, 0.25) is 38.3 Å². The maximum absolute atomic E-state index is 8.84. The Balaban J connectivity index is -0.000000350. The van der Waals surface area contributed by atoms with Crippen molar-refractivity contribution < 1.29 is 59.3 Å². The van der Waals surface area contributed by atoms with Crippen LogP contribution in [0.15, 0.2) is 34.7 Å². The number of hydrogen-bond acceptors (Lipinski definition) is 2. The van der Waals surface area contributed by atoms with E-state index in [1.807, 2.05) is 6.92 Å². The van der Waals surface area contributed by atoms with Crippen molar-refractivity contribution in [2.24, 2.45) is 0 Å². The second-order valence-corrected chi connectivity index (χ2v) is 18.5. The molecule has 0 atom stereocenters. The van der Waals surface area contributed by atoms with Gasteiger partial charge in [-0.2, -0.15) is 12.2 Å². The summed E-state index contributed by atoms with van der Waals surface area (Å²) < 4.78 is 2.09. The van der Waals surface area contributed by atoms with Gasteiger partial charge in [0.15, 0.2) is 0 Å². The maximum Gasteiger partial charge on any atom is 0.0397 e. The van der Waals surface area contributed by atoms with Crippen molar-refractivity contribution in [2.75, 3.05) is 13.2 Å². The van der Waals surface area contributed by atoms with Crippen LogP contribution in [0.4, 0.5) is 0 Å². The van der Waals surface area contributed by atoms with Gasteiger partial charge in [0.1, 0.15) is 0 Å². The third-order valence-corrected chi connectivity index (χ3v) is 11.2. The van der Waals surface area contributed by atoms with E-state index < -0.39 is 16.1 Å². The van der Waals surface area contributed by atoms with E-state index in [2.05, 4.69) is 66.4 Å². The quantitative estimate of drug-likeness (QED) is 0.318. The first kappa shape index (κ1) is 32.3. The average Bonchev–Trinajstić information content (AvgIpc) is 3.23. The van der Waals surface area contributed by atoms with Gasteiger partial charge < -0.3 is 35.0 Å². The zero-order valence-electron chi connectivity index (χ0n) is 17.3. The summed E-state index contributed by atoms with van der Waals surface area (Å²) in [5, 5.41) is 20.6. The number of aliphatic hydroxyl groups excluding tert-OH is 2. The van der Waals surface area contributed by atoms with Crippen LogP contribution in [0, 0.1) is 12.2 Å². The van der Waals surface area contributed by atoms with Gasteiger partial charge in [-0.05, 0) is 28.2 Å². The van der Waals surface area contributed by atoms with Crippen LogP contribution in [0.3, 0.4) is 0 Å². The molecule has 7 heteroatoms. The molecule has 0 fully saturated rings. The molecular weight excluding hydrogens is 491 g/mol. The molecule has 2 N–H and O–H groups in total. The van der Waals surface area contributed by atoms with Crippen molar-refractivity contribution in [1.29, 1.82) is 0 Å². The minimum absolute atomic E-state index is 0. The number of aliphatic hydroxyl groups is 2. The molecule has 0 aromatic carbocycles. The van der Waals surface area contributed by atoms with Crippen molar-refractivity contribution >= 4 is 19.9 Å². The molecule has 0 bridgehead atoms. The van der Waals surface area contributed by atoms with Crippen LogP contribution in [-0.2, 0) is 24.2 Å². The fraction of sp³-hybridized carbons (Fsp3) is 0.550. The van der Waals surface area contributed by atoms with Crippen LogP contribution in [-0.4, -0.2) is 43.3 Å². The average molecular weight is 525 g/mol. The predicted octanol–water partition coefficient (Wildman–Crippen LogP) is -1.81. The summed E-state index contributed by atoms with van der Waals surface area (Å²) in [4.78, 5) is 0.